The fraction of sp³-hybridized carbons (Fsp3) is 0.455. The molecule has 0 saturated carbocycles. The number of nitrogens with zero attached hydrogens (tertiary/aromatic N) is 1. The van der Waals surface area contributed by atoms with E-state index in [0.29, 0.717) is 17.5 Å². The van der Waals surface area contributed by atoms with Gasteiger partial charge in [0.25, 0.3) is 5.56 Å². The minimum absolute atomic E-state index is 0.159. The van der Waals surface area contributed by atoms with Crippen LogP contribution in [0.2, 0.25) is 0 Å². The third-order valence-electron chi connectivity index (χ3n) is 3.28. The summed E-state index contributed by atoms with van der Waals surface area (Å²) in [6, 6.07) is 0.106. The van der Waals surface area contributed by atoms with Crippen LogP contribution in [-0.4, -0.2) is 32.2 Å². The zero-order chi connectivity index (χ0) is 12.0. The summed E-state index contributed by atoms with van der Waals surface area (Å²) in [5, 5.41) is 13.3. The van der Waals surface area contributed by atoms with Crippen LogP contribution in [0.1, 0.15) is 24.9 Å². The van der Waals surface area contributed by atoms with Crippen LogP contribution in [0.15, 0.2) is 17.3 Å². The lowest BCUT2D eigenvalue weighted by Crippen LogP contribution is -2.24. The number of H-pyrrole nitrogens is 2. The van der Waals surface area contributed by atoms with Gasteiger partial charge in [0.15, 0.2) is 0 Å². The highest BCUT2D eigenvalue weighted by Crippen LogP contribution is 2.29. The van der Waals surface area contributed by atoms with Gasteiger partial charge in [0.1, 0.15) is 11.0 Å². The third-order valence-corrected chi connectivity index (χ3v) is 3.28. The second kappa shape index (κ2) is 3.68. The van der Waals surface area contributed by atoms with E-state index in [9.17, 15) is 9.90 Å². The van der Waals surface area contributed by atoms with Crippen LogP contribution in [-0.2, 0) is 0 Å². The molecule has 17 heavy (non-hydrogen) atoms. The van der Waals surface area contributed by atoms with Gasteiger partial charge in [-0.15, -0.1) is 0 Å². The zero-order valence-electron chi connectivity index (χ0n) is 9.40. The fourth-order valence-corrected chi connectivity index (χ4v) is 2.49. The topological polar surface area (TPSA) is 93.8 Å². The lowest BCUT2D eigenvalue weighted by atomic mass is 10.0. The molecule has 0 unspecified atom stereocenters. The SMILES string of the molecule is C[C@@H]1C[C@@H](O)[C@H](c2c[nH]c3c(=O)[nH]cnc23)N1. The molecule has 0 aliphatic carbocycles. The van der Waals surface area contributed by atoms with Crippen molar-refractivity contribution >= 4 is 11.0 Å². The second-order valence-corrected chi connectivity index (χ2v) is 4.55. The molecule has 0 radical (unpaired) electrons. The molecule has 3 atom stereocenters. The van der Waals surface area contributed by atoms with Gasteiger partial charge in [0, 0.05) is 17.8 Å². The highest BCUT2D eigenvalue weighted by Gasteiger charge is 2.32. The van der Waals surface area contributed by atoms with Gasteiger partial charge in [-0.3, -0.25) is 4.79 Å². The number of aliphatic hydroxyl groups is 1. The Hall–Kier alpha value is -1.66. The Balaban J connectivity index is 2.12. The molecule has 0 bridgehead atoms. The zero-order valence-corrected chi connectivity index (χ0v) is 9.40. The predicted octanol–water partition coefficient (Wildman–Crippen LogP) is 0.0350. The normalized spacial score (nSPS) is 28.9. The first-order valence-electron chi connectivity index (χ1n) is 5.65. The number of aromatic amines is 2. The van der Waals surface area contributed by atoms with Crippen LogP contribution in [0.3, 0.4) is 0 Å². The molecular weight excluding hydrogens is 220 g/mol. The van der Waals surface area contributed by atoms with Gasteiger partial charge in [-0.2, -0.15) is 0 Å². The summed E-state index contributed by atoms with van der Waals surface area (Å²) in [5.41, 5.74) is 1.74. The van der Waals surface area contributed by atoms with E-state index in [4.69, 9.17) is 0 Å². The summed E-state index contributed by atoms with van der Waals surface area (Å²) in [4.78, 5) is 21.1. The lowest BCUT2D eigenvalue weighted by molar-refractivity contribution is 0.159. The highest BCUT2D eigenvalue weighted by molar-refractivity contribution is 5.78. The number of hydrogen-bond acceptors (Lipinski definition) is 4. The molecule has 6 nitrogen and oxygen atoms in total. The minimum atomic E-state index is -0.440. The first kappa shape index (κ1) is 10.5. The average Bonchev–Trinajstić information content (AvgIpc) is 2.83. The number of hydrogen-bond donors (Lipinski definition) is 4. The Morgan fingerprint density at radius 2 is 2.29 bits per heavy atom. The molecule has 1 fully saturated rings. The molecule has 1 aliphatic rings. The first-order valence-corrected chi connectivity index (χ1v) is 5.65. The van der Waals surface area contributed by atoms with Crippen molar-refractivity contribution in [1.82, 2.24) is 20.3 Å². The maximum atomic E-state index is 11.5. The van der Waals surface area contributed by atoms with Crippen LogP contribution in [0.25, 0.3) is 11.0 Å². The number of aliphatic hydroxyl groups excluding tert-OH is 1. The predicted molar refractivity (Wildman–Crippen MR) is 62.7 cm³/mol. The number of aromatic nitrogens is 3. The van der Waals surface area contributed by atoms with E-state index in [1.54, 1.807) is 6.20 Å². The fourth-order valence-electron chi connectivity index (χ4n) is 2.49. The number of rotatable bonds is 1. The Labute approximate surface area is 97.1 Å². The van der Waals surface area contributed by atoms with Crippen LogP contribution < -0.4 is 10.9 Å². The van der Waals surface area contributed by atoms with Gasteiger partial charge in [-0.1, -0.05) is 0 Å². The van der Waals surface area contributed by atoms with E-state index in [2.05, 4.69) is 20.3 Å². The summed E-state index contributed by atoms with van der Waals surface area (Å²) in [5.74, 6) is 0. The molecule has 4 N–H and O–H groups in total. The highest BCUT2D eigenvalue weighted by atomic mass is 16.3. The van der Waals surface area contributed by atoms with Gasteiger partial charge in [0.05, 0.1) is 18.5 Å². The molecule has 3 rings (SSSR count). The van der Waals surface area contributed by atoms with Gasteiger partial charge < -0.3 is 20.4 Å². The largest absolute Gasteiger partial charge is 0.391 e. The third kappa shape index (κ3) is 1.57. The van der Waals surface area contributed by atoms with Gasteiger partial charge >= 0.3 is 0 Å². The van der Waals surface area contributed by atoms with Crippen LogP contribution in [0.4, 0.5) is 0 Å². The summed E-state index contributed by atoms with van der Waals surface area (Å²) >= 11 is 0. The molecule has 0 spiro atoms. The molecule has 90 valence electrons. The lowest BCUT2D eigenvalue weighted by Gasteiger charge is -2.13. The molecule has 2 aromatic heterocycles. The van der Waals surface area contributed by atoms with Crippen molar-refractivity contribution in [3.8, 4) is 0 Å². The van der Waals surface area contributed by atoms with Gasteiger partial charge in [0.2, 0.25) is 0 Å². The van der Waals surface area contributed by atoms with E-state index in [-0.39, 0.29) is 17.6 Å². The standard InChI is InChI=1S/C11H14N4O2/c1-5-2-7(16)8(15-5)6-3-12-10-9(6)13-4-14-11(10)17/h3-5,7-8,12,15-16H,2H2,1H3,(H,13,14,17)/t5-,7-,8+/m1/s1. The van der Waals surface area contributed by atoms with E-state index < -0.39 is 6.10 Å². The van der Waals surface area contributed by atoms with Crippen molar-refractivity contribution in [3.63, 3.8) is 0 Å². The number of fused-ring (bicyclic) bond motifs is 1. The monoisotopic (exact) mass is 234 g/mol. The van der Waals surface area contributed by atoms with Crippen molar-refractivity contribution in [2.45, 2.75) is 31.5 Å². The molecule has 6 heteroatoms. The molecule has 1 aliphatic heterocycles. The van der Waals surface area contributed by atoms with Crippen molar-refractivity contribution in [3.05, 3.63) is 28.4 Å². The number of nitrogens with one attached hydrogen (secondary N) is 3. The Kier molecular flexibility index (Phi) is 2.27. The summed E-state index contributed by atoms with van der Waals surface area (Å²) in [6.45, 7) is 2.03. The van der Waals surface area contributed by atoms with Crippen molar-refractivity contribution in [1.29, 1.82) is 0 Å². The van der Waals surface area contributed by atoms with E-state index in [1.165, 1.54) is 6.33 Å². The van der Waals surface area contributed by atoms with E-state index in [0.717, 1.165) is 5.56 Å². The molecule has 2 aromatic rings. The van der Waals surface area contributed by atoms with Gasteiger partial charge in [-0.25, -0.2) is 4.98 Å². The Morgan fingerprint density at radius 3 is 3.00 bits per heavy atom. The van der Waals surface area contributed by atoms with Gasteiger partial charge in [-0.05, 0) is 13.3 Å². The summed E-state index contributed by atoms with van der Waals surface area (Å²) in [6.07, 6.45) is 3.39. The quantitative estimate of drug-likeness (QED) is 0.560. The minimum Gasteiger partial charge on any atom is -0.391 e. The van der Waals surface area contributed by atoms with E-state index >= 15 is 0 Å². The molecule has 1 saturated heterocycles. The van der Waals surface area contributed by atoms with Crippen LogP contribution in [0.5, 0.6) is 0 Å². The van der Waals surface area contributed by atoms with E-state index in [1.807, 2.05) is 6.92 Å². The summed E-state index contributed by atoms with van der Waals surface area (Å²) < 4.78 is 0. The van der Waals surface area contributed by atoms with Crippen molar-refractivity contribution in [2.75, 3.05) is 0 Å². The molecular formula is C11H14N4O2. The maximum absolute atomic E-state index is 11.5. The molecule has 0 amide bonds. The average molecular weight is 234 g/mol. The molecule has 3 heterocycles. The van der Waals surface area contributed by atoms with Crippen molar-refractivity contribution in [2.24, 2.45) is 0 Å². The van der Waals surface area contributed by atoms with Crippen molar-refractivity contribution < 1.29 is 5.11 Å². The Bertz CT molecular complexity index is 603. The summed E-state index contributed by atoms with van der Waals surface area (Å²) in [7, 11) is 0. The molecule has 0 aromatic carbocycles. The second-order valence-electron chi connectivity index (χ2n) is 4.55. The maximum Gasteiger partial charge on any atom is 0.275 e. The van der Waals surface area contributed by atoms with Crippen LogP contribution >= 0.6 is 0 Å². The Morgan fingerprint density at radius 1 is 1.47 bits per heavy atom. The van der Waals surface area contributed by atoms with Crippen LogP contribution in [0, 0.1) is 0 Å². The smallest absolute Gasteiger partial charge is 0.275 e. The first-order chi connectivity index (χ1) is 8.16.